The van der Waals surface area contributed by atoms with Crippen molar-refractivity contribution in [3.63, 3.8) is 0 Å². The molecule has 8 nitrogen and oxygen atoms in total. The van der Waals surface area contributed by atoms with Gasteiger partial charge in [0, 0.05) is 12.8 Å². The summed E-state index contributed by atoms with van der Waals surface area (Å²) in [5.41, 5.74) is 1.98. The smallest absolute Gasteiger partial charge is 0.475 e. The van der Waals surface area contributed by atoms with Gasteiger partial charge in [-0.05, 0) is 35.2 Å². The second-order valence-corrected chi connectivity index (χ2v) is 9.11. The predicted molar refractivity (Wildman–Crippen MR) is 141 cm³/mol. The Balaban J connectivity index is 1.44. The summed E-state index contributed by atoms with van der Waals surface area (Å²) >= 11 is 0. The first kappa shape index (κ1) is 26.4. The van der Waals surface area contributed by atoms with Gasteiger partial charge in [0.2, 0.25) is 5.60 Å². The minimum atomic E-state index is -1.74. The Labute approximate surface area is 217 Å². The van der Waals surface area contributed by atoms with E-state index < -0.39 is 24.6 Å². The van der Waals surface area contributed by atoms with Crippen LogP contribution in [0.3, 0.4) is 0 Å². The molecule has 192 valence electrons. The minimum absolute atomic E-state index is 0.192. The van der Waals surface area contributed by atoms with Crippen molar-refractivity contribution in [2.75, 3.05) is 13.7 Å². The molecule has 3 N–H and O–H groups in total. The molecule has 0 saturated carbocycles. The van der Waals surface area contributed by atoms with Crippen LogP contribution in [-0.4, -0.2) is 54.0 Å². The molecule has 37 heavy (non-hydrogen) atoms. The minimum Gasteiger partial charge on any atom is -0.497 e. The fourth-order valence-corrected chi connectivity index (χ4v) is 4.29. The number of benzene rings is 3. The van der Waals surface area contributed by atoms with Crippen LogP contribution in [0.1, 0.15) is 23.1 Å². The molecule has 0 spiro atoms. The van der Waals surface area contributed by atoms with Crippen molar-refractivity contribution < 1.29 is 29.2 Å². The zero-order chi connectivity index (χ0) is 26.1. The molecule has 0 saturated heterocycles. The number of nitrogens with zero attached hydrogens (tertiary/aromatic N) is 1. The lowest BCUT2D eigenvalue weighted by molar-refractivity contribution is -0.144. The van der Waals surface area contributed by atoms with Crippen LogP contribution < -0.4 is 10.1 Å². The van der Waals surface area contributed by atoms with Gasteiger partial charge in [0.05, 0.1) is 32.0 Å². The number of carbonyl (C=O) groups is 1. The van der Waals surface area contributed by atoms with Gasteiger partial charge in [-0.25, -0.2) is 0 Å². The SMILES string of the molecule is COc1cccc(COCC2=NOC(Cc3ccccc3)(C(=O)NC(Cc3ccccc3)B(O)O)C2)c1. The fourth-order valence-electron chi connectivity index (χ4n) is 4.29. The monoisotopic (exact) mass is 502 g/mol. The molecule has 0 aromatic heterocycles. The Bertz CT molecular complexity index is 1190. The second-order valence-electron chi connectivity index (χ2n) is 9.11. The number of ether oxygens (including phenoxy) is 2. The standard InChI is InChI=1S/C28H31BN2O6/c1-35-25-14-8-13-23(15-25)19-36-20-24-18-28(37-31-24,17-22-11-6-3-7-12-22)27(32)30-26(29(33)34)16-21-9-4-2-5-10-21/h2-15,26,33-34H,16-20H2,1H3,(H,30,32). The van der Waals surface area contributed by atoms with E-state index in [1.165, 1.54) is 0 Å². The molecule has 1 aliphatic heterocycles. The van der Waals surface area contributed by atoms with Gasteiger partial charge in [-0.3, -0.25) is 4.79 Å². The lowest BCUT2D eigenvalue weighted by Gasteiger charge is -2.28. The molecule has 1 aliphatic rings. The van der Waals surface area contributed by atoms with E-state index in [0.717, 1.165) is 22.4 Å². The van der Waals surface area contributed by atoms with Crippen molar-refractivity contribution >= 4 is 18.7 Å². The summed E-state index contributed by atoms with van der Waals surface area (Å²) in [5.74, 6) is -0.631. The third-order valence-electron chi connectivity index (χ3n) is 6.23. The zero-order valence-electron chi connectivity index (χ0n) is 20.7. The van der Waals surface area contributed by atoms with E-state index >= 15 is 0 Å². The second kappa shape index (κ2) is 12.5. The topological polar surface area (TPSA) is 110 Å². The highest BCUT2D eigenvalue weighted by Crippen LogP contribution is 2.29. The highest BCUT2D eigenvalue weighted by molar-refractivity contribution is 6.43. The Morgan fingerprint density at radius 2 is 1.68 bits per heavy atom. The van der Waals surface area contributed by atoms with Crippen LogP contribution in [0.15, 0.2) is 90.1 Å². The van der Waals surface area contributed by atoms with Gasteiger partial charge in [0.1, 0.15) is 5.75 Å². The summed E-state index contributed by atoms with van der Waals surface area (Å²) in [4.78, 5) is 19.4. The molecule has 4 rings (SSSR count). The van der Waals surface area contributed by atoms with Gasteiger partial charge >= 0.3 is 7.12 Å². The van der Waals surface area contributed by atoms with Gasteiger partial charge in [-0.2, -0.15) is 0 Å². The maximum Gasteiger partial charge on any atom is 0.475 e. The predicted octanol–water partition coefficient (Wildman–Crippen LogP) is 2.71. The van der Waals surface area contributed by atoms with Crippen molar-refractivity contribution in [2.45, 2.75) is 37.4 Å². The molecule has 0 bridgehead atoms. The first-order valence-electron chi connectivity index (χ1n) is 12.2. The number of hydrogen-bond donors (Lipinski definition) is 3. The van der Waals surface area contributed by atoms with Crippen LogP contribution in [0.2, 0.25) is 0 Å². The number of nitrogens with one attached hydrogen (secondary N) is 1. The van der Waals surface area contributed by atoms with Crippen LogP contribution in [0.25, 0.3) is 0 Å². The molecule has 2 unspecified atom stereocenters. The van der Waals surface area contributed by atoms with E-state index in [1.807, 2.05) is 84.9 Å². The Morgan fingerprint density at radius 3 is 2.35 bits per heavy atom. The highest BCUT2D eigenvalue weighted by Gasteiger charge is 2.48. The van der Waals surface area contributed by atoms with Crippen molar-refractivity contribution in [3.05, 3.63) is 102 Å². The van der Waals surface area contributed by atoms with Gasteiger partial charge in [-0.1, -0.05) is 78.0 Å². The summed E-state index contributed by atoms with van der Waals surface area (Å²) < 4.78 is 11.1. The van der Waals surface area contributed by atoms with Gasteiger partial charge in [-0.15, -0.1) is 0 Å². The third kappa shape index (κ3) is 7.19. The Hall–Kier alpha value is -3.66. The van der Waals surface area contributed by atoms with E-state index in [0.29, 0.717) is 12.3 Å². The van der Waals surface area contributed by atoms with E-state index in [-0.39, 0.29) is 25.9 Å². The van der Waals surface area contributed by atoms with Crippen molar-refractivity contribution in [3.8, 4) is 5.75 Å². The molecule has 0 aliphatic carbocycles. The van der Waals surface area contributed by atoms with Crippen molar-refractivity contribution in [2.24, 2.45) is 5.16 Å². The van der Waals surface area contributed by atoms with Crippen LogP contribution in [0, 0.1) is 0 Å². The lowest BCUT2D eigenvalue weighted by atomic mass is 9.75. The first-order valence-corrected chi connectivity index (χ1v) is 12.2. The van der Waals surface area contributed by atoms with Crippen LogP contribution >= 0.6 is 0 Å². The number of carbonyl (C=O) groups excluding carboxylic acids is 1. The summed E-state index contributed by atoms with van der Waals surface area (Å²) in [6, 6.07) is 26.5. The van der Waals surface area contributed by atoms with Gasteiger partial charge in [0.15, 0.2) is 0 Å². The molecule has 3 aromatic carbocycles. The molecule has 1 heterocycles. The first-order chi connectivity index (χ1) is 18.0. The Morgan fingerprint density at radius 1 is 1.00 bits per heavy atom. The average molecular weight is 502 g/mol. The quantitative estimate of drug-likeness (QED) is 0.329. The van der Waals surface area contributed by atoms with Crippen LogP contribution in [0.5, 0.6) is 5.75 Å². The lowest BCUT2D eigenvalue weighted by Crippen LogP contribution is -2.56. The number of rotatable bonds is 12. The van der Waals surface area contributed by atoms with Gasteiger partial charge < -0.3 is 29.7 Å². The number of amides is 1. The molecule has 2 atom stereocenters. The molecule has 0 radical (unpaired) electrons. The Kier molecular flexibility index (Phi) is 8.95. The molecular formula is C28H31BN2O6. The summed E-state index contributed by atoms with van der Waals surface area (Å²) in [6.45, 7) is 0.543. The summed E-state index contributed by atoms with van der Waals surface area (Å²) in [6.07, 6.45) is 0.733. The van der Waals surface area contributed by atoms with E-state index in [1.54, 1.807) is 7.11 Å². The van der Waals surface area contributed by atoms with Gasteiger partial charge in [0.25, 0.3) is 5.91 Å². The zero-order valence-corrected chi connectivity index (χ0v) is 20.7. The van der Waals surface area contributed by atoms with Crippen LogP contribution in [-0.2, 0) is 33.8 Å². The van der Waals surface area contributed by atoms with Crippen molar-refractivity contribution in [1.29, 1.82) is 0 Å². The molecule has 9 heteroatoms. The van der Waals surface area contributed by atoms with E-state index in [2.05, 4.69) is 10.5 Å². The molecular weight excluding hydrogens is 471 g/mol. The molecule has 1 amide bonds. The van der Waals surface area contributed by atoms with Crippen molar-refractivity contribution in [1.82, 2.24) is 5.32 Å². The molecule has 3 aromatic rings. The average Bonchev–Trinajstić information content (AvgIpc) is 3.33. The summed E-state index contributed by atoms with van der Waals surface area (Å²) in [7, 11) is -0.131. The fraction of sp³-hybridized carbons (Fsp3) is 0.286. The maximum absolute atomic E-state index is 13.6. The number of methoxy groups -OCH3 is 1. The van der Waals surface area contributed by atoms with Crippen LogP contribution in [0.4, 0.5) is 0 Å². The third-order valence-corrected chi connectivity index (χ3v) is 6.23. The largest absolute Gasteiger partial charge is 0.497 e. The normalized spacial score (nSPS) is 17.4. The highest BCUT2D eigenvalue weighted by atomic mass is 16.7. The van der Waals surface area contributed by atoms with E-state index in [9.17, 15) is 14.8 Å². The number of oxime groups is 1. The number of hydrogen-bond acceptors (Lipinski definition) is 7. The van der Waals surface area contributed by atoms with E-state index in [4.69, 9.17) is 14.3 Å². The maximum atomic E-state index is 13.6. The summed E-state index contributed by atoms with van der Waals surface area (Å²) in [5, 5.41) is 27.0. The molecule has 0 fully saturated rings.